The van der Waals surface area contributed by atoms with E-state index in [2.05, 4.69) is 10.1 Å². The topological polar surface area (TPSA) is 71.2 Å². The Labute approximate surface area is 110 Å². The molecule has 1 fully saturated rings. The molecule has 1 aliphatic rings. The number of hydrogen-bond acceptors (Lipinski definition) is 4. The Kier molecular flexibility index (Phi) is 2.66. The molecule has 0 unspecified atom stereocenters. The van der Waals surface area contributed by atoms with Crippen molar-refractivity contribution in [3.63, 3.8) is 0 Å². The van der Waals surface area contributed by atoms with Gasteiger partial charge in [0, 0.05) is 19.8 Å². The highest BCUT2D eigenvalue weighted by atomic mass is 16.4. The summed E-state index contributed by atoms with van der Waals surface area (Å²) >= 11 is 0. The van der Waals surface area contributed by atoms with Crippen molar-refractivity contribution in [1.29, 1.82) is 0 Å². The molecular weight excluding hydrogens is 244 g/mol. The molecule has 1 N–H and O–H groups in total. The van der Waals surface area contributed by atoms with Crippen LogP contribution in [0.3, 0.4) is 0 Å². The third kappa shape index (κ3) is 1.75. The van der Waals surface area contributed by atoms with Gasteiger partial charge < -0.3 is 10.0 Å². The molecule has 1 aliphatic heterocycles. The molecule has 2 aromatic rings. The van der Waals surface area contributed by atoms with Crippen LogP contribution in [0.1, 0.15) is 18.5 Å². The monoisotopic (exact) mass is 260 g/mol. The molecule has 0 aromatic carbocycles. The lowest BCUT2D eigenvalue weighted by atomic mass is 10.2. The molecule has 0 bridgehead atoms. The highest BCUT2D eigenvalue weighted by Gasteiger charge is 2.32. The van der Waals surface area contributed by atoms with E-state index in [1.807, 2.05) is 24.9 Å². The van der Waals surface area contributed by atoms with Crippen LogP contribution in [-0.2, 0) is 11.8 Å². The summed E-state index contributed by atoms with van der Waals surface area (Å²) in [4.78, 5) is 17.6. The van der Waals surface area contributed by atoms with Crippen LogP contribution in [0, 0.1) is 6.92 Å². The van der Waals surface area contributed by atoms with E-state index >= 15 is 0 Å². The van der Waals surface area contributed by atoms with E-state index in [1.165, 1.54) is 0 Å². The largest absolute Gasteiger partial charge is 0.480 e. The first kappa shape index (κ1) is 12.0. The zero-order valence-electron chi connectivity index (χ0n) is 11.0. The Bertz CT molecular complexity index is 649. The Hall–Kier alpha value is -2.11. The number of anilines is 1. The zero-order valence-corrected chi connectivity index (χ0v) is 11.0. The molecule has 0 radical (unpaired) electrons. The van der Waals surface area contributed by atoms with Crippen LogP contribution in [0.4, 0.5) is 5.69 Å². The van der Waals surface area contributed by atoms with Crippen molar-refractivity contribution < 1.29 is 9.90 Å². The molecule has 6 nitrogen and oxygen atoms in total. The summed E-state index contributed by atoms with van der Waals surface area (Å²) in [7, 11) is 1.85. The summed E-state index contributed by atoms with van der Waals surface area (Å²) in [5.41, 5.74) is 2.61. The fourth-order valence-electron chi connectivity index (χ4n) is 2.91. The average Bonchev–Trinajstić information content (AvgIpc) is 2.96. The molecule has 100 valence electrons. The van der Waals surface area contributed by atoms with Gasteiger partial charge in [-0.05, 0) is 25.8 Å². The second-order valence-corrected chi connectivity index (χ2v) is 4.93. The van der Waals surface area contributed by atoms with E-state index in [1.54, 1.807) is 10.9 Å². The van der Waals surface area contributed by atoms with E-state index in [9.17, 15) is 9.90 Å². The lowest BCUT2D eigenvalue weighted by Gasteiger charge is -2.24. The van der Waals surface area contributed by atoms with Gasteiger partial charge in [-0.2, -0.15) is 5.10 Å². The van der Waals surface area contributed by atoms with Crippen LogP contribution in [0.2, 0.25) is 0 Å². The predicted octanol–water partition coefficient (Wildman–Crippen LogP) is 1.33. The lowest BCUT2D eigenvalue weighted by Crippen LogP contribution is -2.36. The molecular formula is C13H16N4O2. The highest BCUT2D eigenvalue weighted by Crippen LogP contribution is 2.32. The fraction of sp³-hybridized carbons (Fsp3) is 0.462. The van der Waals surface area contributed by atoms with Gasteiger partial charge in [0.1, 0.15) is 6.04 Å². The highest BCUT2D eigenvalue weighted by molar-refractivity contribution is 5.94. The Morgan fingerprint density at radius 2 is 2.32 bits per heavy atom. The number of aromatic nitrogens is 3. The molecule has 2 aromatic heterocycles. The maximum Gasteiger partial charge on any atom is 0.326 e. The number of nitrogens with zero attached hydrogens (tertiary/aromatic N) is 4. The predicted molar refractivity (Wildman–Crippen MR) is 71.2 cm³/mol. The van der Waals surface area contributed by atoms with Crippen molar-refractivity contribution in [2.24, 2.45) is 7.05 Å². The number of carboxylic acid groups (broad SMARTS) is 1. The number of fused-ring (bicyclic) bond motifs is 1. The van der Waals surface area contributed by atoms with Crippen molar-refractivity contribution in [2.75, 3.05) is 11.4 Å². The molecule has 3 heterocycles. The van der Waals surface area contributed by atoms with Crippen molar-refractivity contribution in [1.82, 2.24) is 14.8 Å². The smallest absolute Gasteiger partial charge is 0.326 e. The summed E-state index contributed by atoms with van der Waals surface area (Å²) in [5.74, 6) is -0.760. The standard InChI is InChI=1S/C13H16N4O2/c1-8-11-9(5-6-14-12(11)16(2)15-8)17-7-3-4-10(17)13(18)19/h5-6,10H,3-4,7H2,1-2H3,(H,18,19)/t10-/m1/s1. The van der Waals surface area contributed by atoms with Crippen LogP contribution in [-0.4, -0.2) is 38.4 Å². The normalized spacial score (nSPS) is 19.3. The van der Waals surface area contributed by atoms with E-state index < -0.39 is 12.0 Å². The molecule has 6 heteroatoms. The molecule has 0 saturated carbocycles. The first-order valence-electron chi connectivity index (χ1n) is 6.37. The van der Waals surface area contributed by atoms with Gasteiger partial charge in [-0.15, -0.1) is 0 Å². The van der Waals surface area contributed by atoms with Gasteiger partial charge >= 0.3 is 5.97 Å². The van der Waals surface area contributed by atoms with Gasteiger partial charge in [-0.1, -0.05) is 0 Å². The molecule has 19 heavy (non-hydrogen) atoms. The number of carboxylic acids is 1. The van der Waals surface area contributed by atoms with Crippen LogP contribution < -0.4 is 4.90 Å². The van der Waals surface area contributed by atoms with Crippen molar-refractivity contribution in [3.8, 4) is 0 Å². The Morgan fingerprint density at radius 1 is 1.53 bits per heavy atom. The van der Waals surface area contributed by atoms with E-state index in [0.717, 1.165) is 35.4 Å². The second-order valence-electron chi connectivity index (χ2n) is 4.93. The van der Waals surface area contributed by atoms with Gasteiger partial charge in [0.05, 0.1) is 16.8 Å². The minimum absolute atomic E-state index is 0.440. The summed E-state index contributed by atoms with van der Waals surface area (Å²) in [6, 6.07) is 1.45. The van der Waals surface area contributed by atoms with Gasteiger partial charge in [-0.25, -0.2) is 9.78 Å². The van der Waals surface area contributed by atoms with Crippen LogP contribution >= 0.6 is 0 Å². The van der Waals surface area contributed by atoms with Crippen molar-refractivity contribution in [2.45, 2.75) is 25.8 Å². The maximum atomic E-state index is 11.3. The summed E-state index contributed by atoms with van der Waals surface area (Å²) in [5, 5.41) is 14.6. The molecule has 1 atom stereocenters. The number of aliphatic carboxylic acids is 1. The van der Waals surface area contributed by atoms with Gasteiger partial charge in [-0.3, -0.25) is 4.68 Å². The quantitative estimate of drug-likeness (QED) is 0.882. The molecule has 3 rings (SSSR count). The SMILES string of the molecule is Cc1nn(C)c2nccc(N3CCC[C@@H]3C(=O)O)c12. The first-order valence-corrected chi connectivity index (χ1v) is 6.37. The van der Waals surface area contributed by atoms with E-state index in [-0.39, 0.29) is 0 Å². The fourth-order valence-corrected chi connectivity index (χ4v) is 2.91. The van der Waals surface area contributed by atoms with Crippen molar-refractivity contribution in [3.05, 3.63) is 18.0 Å². The van der Waals surface area contributed by atoms with Gasteiger partial charge in [0.15, 0.2) is 5.65 Å². The van der Waals surface area contributed by atoms with Gasteiger partial charge in [0.25, 0.3) is 0 Å². The minimum atomic E-state index is -0.760. The van der Waals surface area contributed by atoms with Crippen LogP contribution in [0.15, 0.2) is 12.3 Å². The number of aryl methyl sites for hydroxylation is 2. The number of hydrogen-bond donors (Lipinski definition) is 1. The summed E-state index contributed by atoms with van der Waals surface area (Å²) < 4.78 is 1.74. The molecule has 1 saturated heterocycles. The second kappa shape index (κ2) is 4.22. The lowest BCUT2D eigenvalue weighted by molar-refractivity contribution is -0.138. The maximum absolute atomic E-state index is 11.3. The first-order chi connectivity index (χ1) is 9.09. The number of rotatable bonds is 2. The number of pyridine rings is 1. The molecule has 0 spiro atoms. The summed E-state index contributed by atoms with van der Waals surface area (Å²) in [6.07, 6.45) is 3.31. The van der Waals surface area contributed by atoms with Crippen LogP contribution in [0.25, 0.3) is 11.0 Å². The van der Waals surface area contributed by atoms with E-state index in [0.29, 0.717) is 6.42 Å². The Balaban J connectivity index is 2.17. The molecule has 0 amide bonds. The third-order valence-corrected chi connectivity index (χ3v) is 3.72. The summed E-state index contributed by atoms with van der Waals surface area (Å²) in [6.45, 7) is 2.70. The minimum Gasteiger partial charge on any atom is -0.480 e. The van der Waals surface area contributed by atoms with E-state index in [4.69, 9.17) is 0 Å². The van der Waals surface area contributed by atoms with Crippen molar-refractivity contribution >= 4 is 22.7 Å². The van der Waals surface area contributed by atoms with Crippen LogP contribution in [0.5, 0.6) is 0 Å². The third-order valence-electron chi connectivity index (χ3n) is 3.72. The molecule has 0 aliphatic carbocycles. The Morgan fingerprint density at radius 3 is 3.05 bits per heavy atom. The van der Waals surface area contributed by atoms with Gasteiger partial charge in [0.2, 0.25) is 0 Å². The number of carbonyl (C=O) groups is 1. The average molecular weight is 260 g/mol. The zero-order chi connectivity index (χ0) is 13.6.